The molecule has 1 aliphatic heterocycles. The van der Waals surface area contributed by atoms with Crippen LogP contribution < -0.4 is 0 Å². The van der Waals surface area contributed by atoms with E-state index in [1.165, 1.54) is 23.3 Å². The Bertz CT molecular complexity index is 653. The minimum Gasteiger partial charge on any atom is -0.338 e. The van der Waals surface area contributed by atoms with E-state index in [1.54, 1.807) is 6.20 Å². The lowest BCUT2D eigenvalue weighted by atomic mass is 9.92. The Labute approximate surface area is 135 Å². The summed E-state index contributed by atoms with van der Waals surface area (Å²) in [6.07, 6.45) is 6.98. The maximum atomic E-state index is 12.7. The minimum absolute atomic E-state index is 0.152. The molecule has 0 radical (unpaired) electrons. The Morgan fingerprint density at radius 2 is 2.32 bits per heavy atom. The summed E-state index contributed by atoms with van der Waals surface area (Å²) in [5.41, 5.74) is 2.12. The van der Waals surface area contributed by atoms with E-state index < -0.39 is 0 Å². The largest absolute Gasteiger partial charge is 0.338 e. The summed E-state index contributed by atoms with van der Waals surface area (Å²) in [7, 11) is 0. The molecule has 0 unspecified atom stereocenters. The fraction of sp³-hybridized carbons (Fsp3) is 0.471. The van der Waals surface area contributed by atoms with Crippen LogP contribution in [0.5, 0.6) is 0 Å². The summed E-state index contributed by atoms with van der Waals surface area (Å²) >= 11 is 1.51. The molecule has 116 valence electrons. The standard InChI is InChI=1S/C17H21N3OS/c1-12-16(22-13(2)19-12)17(21)20-8-4-6-15(11-20)9-14-5-3-7-18-10-14/h3,5,7,10,15H,4,6,8-9,11H2,1-2H3/t15-/m1/s1. The number of likely N-dealkylation sites (tertiary alicyclic amines) is 1. The van der Waals surface area contributed by atoms with E-state index in [9.17, 15) is 4.79 Å². The van der Waals surface area contributed by atoms with Gasteiger partial charge in [0, 0.05) is 25.5 Å². The number of piperidine rings is 1. The third-order valence-electron chi connectivity index (χ3n) is 4.15. The average molecular weight is 315 g/mol. The van der Waals surface area contributed by atoms with Crippen LogP contribution in [0.2, 0.25) is 0 Å². The van der Waals surface area contributed by atoms with Gasteiger partial charge in [-0.05, 0) is 50.7 Å². The first-order valence-electron chi connectivity index (χ1n) is 7.75. The number of aryl methyl sites for hydroxylation is 2. The number of nitrogens with zero attached hydrogens (tertiary/aromatic N) is 3. The fourth-order valence-corrected chi connectivity index (χ4v) is 4.03. The van der Waals surface area contributed by atoms with Gasteiger partial charge in [0.15, 0.2) is 0 Å². The van der Waals surface area contributed by atoms with Crippen LogP contribution in [0.15, 0.2) is 24.5 Å². The van der Waals surface area contributed by atoms with Crippen LogP contribution in [0.25, 0.3) is 0 Å². The first-order valence-corrected chi connectivity index (χ1v) is 8.57. The van der Waals surface area contributed by atoms with Gasteiger partial charge >= 0.3 is 0 Å². The lowest BCUT2D eigenvalue weighted by Gasteiger charge is -2.32. The predicted molar refractivity (Wildman–Crippen MR) is 88.2 cm³/mol. The summed E-state index contributed by atoms with van der Waals surface area (Å²) in [4.78, 5) is 24.1. The molecule has 3 heterocycles. The molecule has 5 heteroatoms. The van der Waals surface area contributed by atoms with Crippen LogP contribution in [0, 0.1) is 19.8 Å². The topological polar surface area (TPSA) is 46.1 Å². The normalized spacial score (nSPS) is 18.5. The lowest BCUT2D eigenvalue weighted by Crippen LogP contribution is -2.40. The second kappa shape index (κ2) is 6.57. The van der Waals surface area contributed by atoms with Crippen LogP contribution in [0.3, 0.4) is 0 Å². The molecule has 22 heavy (non-hydrogen) atoms. The van der Waals surface area contributed by atoms with Crippen LogP contribution in [0.1, 0.15) is 38.8 Å². The van der Waals surface area contributed by atoms with Gasteiger partial charge in [0.05, 0.1) is 10.7 Å². The second-order valence-corrected chi connectivity index (χ2v) is 7.18. The van der Waals surface area contributed by atoms with Crippen LogP contribution in [-0.2, 0) is 6.42 Å². The van der Waals surface area contributed by atoms with Crippen molar-refractivity contribution in [3.63, 3.8) is 0 Å². The van der Waals surface area contributed by atoms with E-state index in [0.717, 1.165) is 41.5 Å². The van der Waals surface area contributed by atoms with Gasteiger partial charge in [-0.3, -0.25) is 9.78 Å². The Hall–Kier alpha value is -1.75. The Morgan fingerprint density at radius 3 is 3.00 bits per heavy atom. The molecular weight excluding hydrogens is 294 g/mol. The highest BCUT2D eigenvalue weighted by Crippen LogP contribution is 2.25. The highest BCUT2D eigenvalue weighted by atomic mass is 32.1. The molecule has 1 atom stereocenters. The van der Waals surface area contributed by atoms with E-state index >= 15 is 0 Å². The van der Waals surface area contributed by atoms with Crippen molar-refractivity contribution in [2.75, 3.05) is 13.1 Å². The third-order valence-corrected chi connectivity index (χ3v) is 5.21. The molecule has 0 aromatic carbocycles. The van der Waals surface area contributed by atoms with Gasteiger partial charge in [-0.1, -0.05) is 6.07 Å². The van der Waals surface area contributed by atoms with E-state index in [-0.39, 0.29) is 5.91 Å². The molecule has 1 amide bonds. The smallest absolute Gasteiger partial charge is 0.265 e. The maximum absolute atomic E-state index is 12.7. The predicted octanol–water partition coefficient (Wildman–Crippen LogP) is 3.25. The van der Waals surface area contributed by atoms with Crippen molar-refractivity contribution in [3.05, 3.63) is 45.7 Å². The number of aromatic nitrogens is 2. The number of carbonyl (C=O) groups excluding carboxylic acids is 1. The summed E-state index contributed by atoms with van der Waals surface area (Å²) in [6.45, 7) is 5.58. The highest BCUT2D eigenvalue weighted by molar-refractivity contribution is 7.13. The van der Waals surface area contributed by atoms with Gasteiger partial charge in [0.1, 0.15) is 4.88 Å². The van der Waals surface area contributed by atoms with Crippen molar-refractivity contribution in [2.24, 2.45) is 5.92 Å². The van der Waals surface area contributed by atoms with Gasteiger partial charge < -0.3 is 4.90 Å². The molecule has 1 fully saturated rings. The van der Waals surface area contributed by atoms with Crippen molar-refractivity contribution in [2.45, 2.75) is 33.1 Å². The van der Waals surface area contributed by atoms with Crippen LogP contribution in [-0.4, -0.2) is 33.9 Å². The lowest BCUT2D eigenvalue weighted by molar-refractivity contribution is 0.0677. The molecule has 0 N–H and O–H groups in total. The van der Waals surface area contributed by atoms with E-state index in [0.29, 0.717) is 5.92 Å². The third kappa shape index (κ3) is 3.35. The van der Waals surface area contributed by atoms with Crippen molar-refractivity contribution in [1.29, 1.82) is 0 Å². The monoisotopic (exact) mass is 315 g/mol. The zero-order valence-corrected chi connectivity index (χ0v) is 13.9. The number of amides is 1. The Morgan fingerprint density at radius 1 is 1.45 bits per heavy atom. The van der Waals surface area contributed by atoms with Gasteiger partial charge in [0.25, 0.3) is 5.91 Å². The second-order valence-electron chi connectivity index (χ2n) is 5.97. The van der Waals surface area contributed by atoms with Crippen LogP contribution in [0.4, 0.5) is 0 Å². The highest BCUT2D eigenvalue weighted by Gasteiger charge is 2.26. The molecule has 2 aromatic rings. The Kier molecular flexibility index (Phi) is 4.52. The van der Waals surface area contributed by atoms with Gasteiger partial charge in [-0.15, -0.1) is 11.3 Å². The summed E-state index contributed by atoms with van der Waals surface area (Å²) in [6, 6.07) is 4.09. The number of hydrogen-bond acceptors (Lipinski definition) is 4. The zero-order chi connectivity index (χ0) is 15.5. The van der Waals surface area contributed by atoms with Crippen LogP contribution >= 0.6 is 11.3 Å². The number of rotatable bonds is 3. The fourth-order valence-electron chi connectivity index (χ4n) is 3.14. The molecule has 0 spiro atoms. The minimum atomic E-state index is 0.152. The van der Waals surface area contributed by atoms with Gasteiger partial charge in [0.2, 0.25) is 0 Å². The van der Waals surface area contributed by atoms with Crippen molar-refractivity contribution >= 4 is 17.2 Å². The summed E-state index contributed by atoms with van der Waals surface area (Å²) in [5, 5.41) is 0.963. The summed E-state index contributed by atoms with van der Waals surface area (Å²) in [5.74, 6) is 0.676. The van der Waals surface area contributed by atoms with E-state index in [1.807, 2.05) is 31.0 Å². The zero-order valence-electron chi connectivity index (χ0n) is 13.1. The Balaban J connectivity index is 1.68. The molecule has 0 aliphatic carbocycles. The maximum Gasteiger partial charge on any atom is 0.265 e. The molecule has 2 aromatic heterocycles. The first kappa shape index (κ1) is 15.2. The van der Waals surface area contributed by atoms with E-state index in [4.69, 9.17) is 0 Å². The molecular formula is C17H21N3OS. The quantitative estimate of drug-likeness (QED) is 0.873. The SMILES string of the molecule is Cc1nc(C)c(C(=O)N2CCC[C@H](Cc3cccnc3)C2)s1. The summed E-state index contributed by atoms with van der Waals surface area (Å²) < 4.78 is 0. The molecule has 3 rings (SSSR count). The van der Waals surface area contributed by atoms with Crippen molar-refractivity contribution in [1.82, 2.24) is 14.9 Å². The van der Waals surface area contributed by atoms with Gasteiger partial charge in [-0.25, -0.2) is 4.98 Å². The molecule has 4 nitrogen and oxygen atoms in total. The number of carbonyl (C=O) groups is 1. The average Bonchev–Trinajstić information content (AvgIpc) is 2.86. The first-order chi connectivity index (χ1) is 10.6. The van der Waals surface area contributed by atoms with Crippen molar-refractivity contribution in [3.8, 4) is 0 Å². The van der Waals surface area contributed by atoms with Gasteiger partial charge in [-0.2, -0.15) is 0 Å². The molecule has 1 saturated heterocycles. The molecule has 0 saturated carbocycles. The number of hydrogen-bond donors (Lipinski definition) is 0. The molecule has 0 bridgehead atoms. The number of pyridine rings is 1. The number of thiazole rings is 1. The molecule has 1 aliphatic rings. The van der Waals surface area contributed by atoms with E-state index in [2.05, 4.69) is 16.0 Å². The van der Waals surface area contributed by atoms with Crippen molar-refractivity contribution < 1.29 is 4.79 Å².